The van der Waals surface area contributed by atoms with E-state index >= 15 is 0 Å². The molecular formula is C24H22FN3O. The summed E-state index contributed by atoms with van der Waals surface area (Å²) < 4.78 is 14.9. The number of hydrogen-bond acceptors (Lipinski definition) is 2. The van der Waals surface area contributed by atoms with Gasteiger partial charge in [0.15, 0.2) is 0 Å². The number of amides is 1. The number of hydrogen-bond donors (Lipinski definition) is 1. The van der Waals surface area contributed by atoms with Crippen LogP contribution in [0.1, 0.15) is 29.8 Å². The smallest absolute Gasteiger partial charge is 0.224 e. The Morgan fingerprint density at radius 2 is 1.79 bits per heavy atom. The maximum absolute atomic E-state index is 13.2. The summed E-state index contributed by atoms with van der Waals surface area (Å²) in [6, 6.07) is 20.2. The third-order valence-electron chi connectivity index (χ3n) is 5.14. The van der Waals surface area contributed by atoms with Gasteiger partial charge < -0.3 is 5.32 Å². The van der Waals surface area contributed by atoms with E-state index in [1.807, 2.05) is 44.2 Å². The first-order valence-corrected chi connectivity index (χ1v) is 9.59. The van der Waals surface area contributed by atoms with E-state index in [0.717, 1.165) is 33.3 Å². The zero-order valence-corrected chi connectivity index (χ0v) is 16.4. The Labute approximate surface area is 169 Å². The molecule has 29 heavy (non-hydrogen) atoms. The summed E-state index contributed by atoms with van der Waals surface area (Å²) in [7, 11) is 0. The van der Waals surface area contributed by atoms with E-state index in [2.05, 4.69) is 22.5 Å². The van der Waals surface area contributed by atoms with Crippen molar-refractivity contribution in [3.05, 3.63) is 95.6 Å². The lowest BCUT2D eigenvalue weighted by Crippen LogP contribution is -2.28. The highest BCUT2D eigenvalue weighted by atomic mass is 19.1. The number of fused-ring (bicyclic) bond motifs is 1. The summed E-state index contributed by atoms with van der Waals surface area (Å²) >= 11 is 0. The van der Waals surface area contributed by atoms with Gasteiger partial charge in [-0.25, -0.2) is 9.07 Å². The maximum atomic E-state index is 13.2. The first-order chi connectivity index (χ1) is 14.0. The van der Waals surface area contributed by atoms with E-state index in [1.54, 1.807) is 23.0 Å². The fraction of sp³-hybridized carbons (Fsp3) is 0.167. The quantitative estimate of drug-likeness (QED) is 0.530. The fourth-order valence-corrected chi connectivity index (χ4v) is 3.59. The summed E-state index contributed by atoms with van der Waals surface area (Å²) in [6.07, 6.45) is 2.07. The van der Waals surface area contributed by atoms with Crippen molar-refractivity contribution in [1.29, 1.82) is 0 Å². The molecule has 1 unspecified atom stereocenters. The van der Waals surface area contributed by atoms with Gasteiger partial charge in [0.05, 0.1) is 24.3 Å². The Hall–Kier alpha value is -3.47. The Morgan fingerprint density at radius 3 is 2.55 bits per heavy atom. The lowest BCUT2D eigenvalue weighted by molar-refractivity contribution is -0.121. The van der Waals surface area contributed by atoms with Gasteiger partial charge in [-0.1, -0.05) is 42.5 Å². The molecule has 1 heterocycles. The molecule has 1 aromatic heterocycles. The summed E-state index contributed by atoms with van der Waals surface area (Å²) in [5.74, 6) is -0.324. The molecule has 0 radical (unpaired) electrons. The molecule has 5 heteroatoms. The van der Waals surface area contributed by atoms with Crippen molar-refractivity contribution < 1.29 is 9.18 Å². The second-order valence-corrected chi connectivity index (χ2v) is 7.22. The van der Waals surface area contributed by atoms with Crippen molar-refractivity contribution in [2.24, 2.45) is 0 Å². The van der Waals surface area contributed by atoms with Crippen LogP contribution in [-0.2, 0) is 11.2 Å². The van der Waals surface area contributed by atoms with Gasteiger partial charge in [-0.2, -0.15) is 5.10 Å². The summed E-state index contributed by atoms with van der Waals surface area (Å²) in [5.41, 5.74) is 3.60. The maximum Gasteiger partial charge on any atom is 0.224 e. The van der Waals surface area contributed by atoms with Gasteiger partial charge in [-0.3, -0.25) is 4.79 Å². The normalized spacial score (nSPS) is 12.1. The van der Waals surface area contributed by atoms with Gasteiger partial charge in [0.25, 0.3) is 0 Å². The van der Waals surface area contributed by atoms with Gasteiger partial charge in [0.1, 0.15) is 5.82 Å². The molecule has 0 aliphatic rings. The third-order valence-corrected chi connectivity index (χ3v) is 5.14. The van der Waals surface area contributed by atoms with Crippen LogP contribution in [0.15, 0.2) is 72.9 Å². The summed E-state index contributed by atoms with van der Waals surface area (Å²) in [4.78, 5) is 12.6. The molecular weight excluding hydrogens is 365 g/mol. The lowest BCUT2D eigenvalue weighted by atomic mass is 10.0. The topological polar surface area (TPSA) is 46.9 Å². The van der Waals surface area contributed by atoms with Crippen LogP contribution in [0, 0.1) is 12.7 Å². The Morgan fingerprint density at radius 1 is 1.07 bits per heavy atom. The first-order valence-electron chi connectivity index (χ1n) is 9.59. The molecule has 146 valence electrons. The van der Waals surface area contributed by atoms with Crippen LogP contribution >= 0.6 is 0 Å². The molecule has 0 fully saturated rings. The minimum absolute atomic E-state index is 0.0401. The Kier molecular flexibility index (Phi) is 5.12. The number of nitrogens with zero attached hydrogens (tertiary/aromatic N) is 2. The van der Waals surface area contributed by atoms with Crippen molar-refractivity contribution in [3.63, 3.8) is 0 Å². The highest BCUT2D eigenvalue weighted by Crippen LogP contribution is 2.21. The zero-order valence-electron chi connectivity index (χ0n) is 16.4. The third kappa shape index (κ3) is 4.04. The minimum atomic E-state index is -0.284. The van der Waals surface area contributed by atoms with E-state index in [4.69, 9.17) is 0 Å². The Bertz CT molecular complexity index is 1160. The zero-order chi connectivity index (χ0) is 20.4. The molecule has 1 amide bonds. The van der Waals surface area contributed by atoms with Gasteiger partial charge in [-0.15, -0.1) is 0 Å². The van der Waals surface area contributed by atoms with Crippen LogP contribution in [0.4, 0.5) is 4.39 Å². The molecule has 0 bridgehead atoms. The highest BCUT2D eigenvalue weighted by Gasteiger charge is 2.16. The molecule has 1 atom stereocenters. The van der Waals surface area contributed by atoms with E-state index in [1.165, 1.54) is 12.1 Å². The van der Waals surface area contributed by atoms with Crippen LogP contribution < -0.4 is 5.32 Å². The SMILES string of the molecule is Cc1c(C(C)NC(=O)Cc2ccc3ccccc3c2)cnn1-c1ccc(F)cc1. The molecule has 0 saturated heterocycles. The van der Waals surface area contributed by atoms with E-state index < -0.39 is 0 Å². The molecule has 1 N–H and O–H groups in total. The number of nitrogens with one attached hydrogen (secondary N) is 1. The van der Waals surface area contributed by atoms with Crippen LogP contribution in [0.25, 0.3) is 16.5 Å². The van der Waals surface area contributed by atoms with Crippen molar-refractivity contribution in [3.8, 4) is 5.69 Å². The van der Waals surface area contributed by atoms with Gasteiger partial charge >= 0.3 is 0 Å². The molecule has 0 saturated carbocycles. The van der Waals surface area contributed by atoms with E-state index in [-0.39, 0.29) is 17.8 Å². The Balaban J connectivity index is 1.46. The molecule has 4 rings (SSSR count). The average Bonchev–Trinajstić information content (AvgIpc) is 3.10. The molecule has 3 aromatic carbocycles. The van der Waals surface area contributed by atoms with Gasteiger partial charge in [-0.05, 0) is 54.4 Å². The molecule has 0 spiro atoms. The van der Waals surface area contributed by atoms with Crippen LogP contribution in [-0.4, -0.2) is 15.7 Å². The predicted molar refractivity (Wildman–Crippen MR) is 112 cm³/mol. The number of halogens is 1. The number of carbonyl (C=O) groups is 1. The first kappa shape index (κ1) is 18.9. The standard InChI is InChI=1S/C24H22FN3O/c1-16(23-15-26-28(17(23)2)22-11-9-21(25)10-12-22)27-24(29)14-18-7-8-19-5-3-4-6-20(19)13-18/h3-13,15-16H,14H2,1-2H3,(H,27,29). The second kappa shape index (κ2) is 7.87. The second-order valence-electron chi connectivity index (χ2n) is 7.22. The molecule has 4 aromatic rings. The number of carbonyl (C=O) groups excluding carboxylic acids is 1. The van der Waals surface area contributed by atoms with Crippen molar-refractivity contribution >= 4 is 16.7 Å². The predicted octanol–water partition coefficient (Wildman–Crippen LogP) is 4.89. The van der Waals surface area contributed by atoms with Crippen molar-refractivity contribution in [1.82, 2.24) is 15.1 Å². The number of aromatic nitrogens is 2. The monoisotopic (exact) mass is 387 g/mol. The van der Waals surface area contributed by atoms with Crippen molar-refractivity contribution in [2.75, 3.05) is 0 Å². The van der Waals surface area contributed by atoms with Crippen molar-refractivity contribution in [2.45, 2.75) is 26.3 Å². The van der Waals surface area contributed by atoms with E-state index in [9.17, 15) is 9.18 Å². The number of rotatable bonds is 5. The fourth-order valence-electron chi connectivity index (χ4n) is 3.59. The average molecular weight is 387 g/mol. The number of benzene rings is 3. The molecule has 0 aliphatic carbocycles. The lowest BCUT2D eigenvalue weighted by Gasteiger charge is -2.14. The van der Waals surface area contributed by atoms with Crippen LogP contribution in [0.3, 0.4) is 0 Å². The molecule has 4 nitrogen and oxygen atoms in total. The summed E-state index contributed by atoms with van der Waals surface area (Å²) in [5, 5.41) is 9.75. The minimum Gasteiger partial charge on any atom is -0.349 e. The van der Waals surface area contributed by atoms with E-state index in [0.29, 0.717) is 6.42 Å². The van der Waals surface area contributed by atoms with Gasteiger partial charge in [0, 0.05) is 11.3 Å². The largest absolute Gasteiger partial charge is 0.349 e. The van der Waals surface area contributed by atoms with Crippen LogP contribution in [0.2, 0.25) is 0 Å². The highest BCUT2D eigenvalue weighted by molar-refractivity contribution is 5.85. The van der Waals surface area contributed by atoms with Gasteiger partial charge in [0.2, 0.25) is 5.91 Å². The molecule has 0 aliphatic heterocycles. The summed E-state index contributed by atoms with van der Waals surface area (Å²) in [6.45, 7) is 3.88. The van der Waals surface area contributed by atoms with Crippen LogP contribution in [0.5, 0.6) is 0 Å².